The number of hydrogen-bond acceptors (Lipinski definition) is 1. The number of carbonyl (C=O) groups excluding carboxylic acids is 1. The summed E-state index contributed by atoms with van der Waals surface area (Å²) < 4.78 is 13.2. The Morgan fingerprint density at radius 3 is 2.68 bits per heavy atom. The molecule has 1 aromatic carbocycles. The van der Waals surface area contributed by atoms with Crippen LogP contribution < -0.4 is 0 Å². The van der Waals surface area contributed by atoms with Crippen LogP contribution in [0.3, 0.4) is 0 Å². The van der Waals surface area contributed by atoms with Crippen molar-refractivity contribution in [2.75, 3.05) is 0 Å². The zero-order chi connectivity index (χ0) is 13.4. The van der Waals surface area contributed by atoms with Gasteiger partial charge in [-0.05, 0) is 56.2 Å². The van der Waals surface area contributed by atoms with E-state index in [1.165, 1.54) is 25.0 Å². The van der Waals surface area contributed by atoms with Crippen LogP contribution in [0.1, 0.15) is 38.2 Å². The van der Waals surface area contributed by atoms with Crippen LogP contribution in [-0.2, 0) is 11.2 Å². The predicted octanol–water partition coefficient (Wildman–Crippen LogP) is 3.16. The molecule has 1 unspecified atom stereocenters. The first-order chi connectivity index (χ1) is 9.15. The largest absolute Gasteiger partial charge is 0.336 e. The van der Waals surface area contributed by atoms with Crippen molar-refractivity contribution >= 4 is 5.91 Å². The van der Waals surface area contributed by atoms with E-state index in [4.69, 9.17) is 0 Å². The van der Waals surface area contributed by atoms with E-state index < -0.39 is 0 Å². The normalized spacial score (nSPS) is 20.1. The second kappa shape index (κ2) is 4.95. The summed E-state index contributed by atoms with van der Waals surface area (Å²) in [7, 11) is 0. The Labute approximate surface area is 113 Å². The van der Waals surface area contributed by atoms with Crippen molar-refractivity contribution in [2.24, 2.45) is 5.92 Å². The summed E-state index contributed by atoms with van der Waals surface area (Å²) in [4.78, 5) is 14.6. The van der Waals surface area contributed by atoms with Gasteiger partial charge in [0.15, 0.2) is 0 Å². The SMILES string of the molecule is CC(C1CC1)N(C(=O)Cc1cccc(F)c1)C1CC1. The maximum Gasteiger partial charge on any atom is 0.227 e. The molecule has 2 nitrogen and oxygen atoms in total. The molecule has 2 aliphatic rings. The van der Waals surface area contributed by atoms with Crippen LogP contribution in [-0.4, -0.2) is 22.9 Å². The molecule has 19 heavy (non-hydrogen) atoms. The Balaban J connectivity index is 1.70. The van der Waals surface area contributed by atoms with Crippen molar-refractivity contribution in [3.05, 3.63) is 35.6 Å². The Morgan fingerprint density at radius 2 is 2.11 bits per heavy atom. The molecule has 2 fully saturated rings. The van der Waals surface area contributed by atoms with Gasteiger partial charge in [0, 0.05) is 12.1 Å². The first kappa shape index (κ1) is 12.6. The zero-order valence-electron chi connectivity index (χ0n) is 11.3. The monoisotopic (exact) mass is 261 g/mol. The van der Waals surface area contributed by atoms with E-state index in [1.54, 1.807) is 6.07 Å². The maximum atomic E-state index is 13.2. The molecular weight excluding hydrogens is 241 g/mol. The van der Waals surface area contributed by atoms with Gasteiger partial charge in [-0.3, -0.25) is 4.79 Å². The van der Waals surface area contributed by atoms with E-state index in [0.29, 0.717) is 24.4 Å². The molecule has 0 spiro atoms. The van der Waals surface area contributed by atoms with Crippen molar-refractivity contribution in [1.82, 2.24) is 4.90 Å². The second-order valence-electron chi connectivity index (χ2n) is 5.92. The molecule has 1 atom stereocenters. The lowest BCUT2D eigenvalue weighted by atomic mass is 10.1. The summed E-state index contributed by atoms with van der Waals surface area (Å²) in [6.45, 7) is 2.17. The average molecular weight is 261 g/mol. The van der Waals surface area contributed by atoms with E-state index in [1.807, 2.05) is 6.07 Å². The quantitative estimate of drug-likeness (QED) is 0.797. The molecule has 0 saturated heterocycles. The summed E-state index contributed by atoms with van der Waals surface area (Å²) in [5.41, 5.74) is 0.777. The molecule has 0 aromatic heterocycles. The van der Waals surface area contributed by atoms with Crippen LogP contribution in [0.15, 0.2) is 24.3 Å². The van der Waals surface area contributed by atoms with Crippen molar-refractivity contribution in [3.8, 4) is 0 Å². The Bertz CT molecular complexity index is 479. The van der Waals surface area contributed by atoms with Gasteiger partial charge in [0.2, 0.25) is 5.91 Å². The summed E-state index contributed by atoms with van der Waals surface area (Å²) in [6.07, 6.45) is 5.08. The highest BCUT2D eigenvalue weighted by Crippen LogP contribution is 2.39. The third-order valence-electron chi connectivity index (χ3n) is 4.22. The number of benzene rings is 1. The Kier molecular flexibility index (Phi) is 3.29. The molecule has 0 heterocycles. The van der Waals surface area contributed by atoms with E-state index >= 15 is 0 Å². The van der Waals surface area contributed by atoms with Crippen LogP contribution in [0.2, 0.25) is 0 Å². The average Bonchev–Trinajstić information content (AvgIpc) is 3.23. The summed E-state index contributed by atoms with van der Waals surface area (Å²) >= 11 is 0. The van der Waals surface area contributed by atoms with Gasteiger partial charge in [0.25, 0.3) is 0 Å². The highest BCUT2D eigenvalue weighted by molar-refractivity contribution is 5.79. The van der Waals surface area contributed by atoms with Gasteiger partial charge < -0.3 is 4.90 Å². The highest BCUT2D eigenvalue weighted by atomic mass is 19.1. The van der Waals surface area contributed by atoms with E-state index in [2.05, 4.69) is 11.8 Å². The van der Waals surface area contributed by atoms with Crippen molar-refractivity contribution in [3.63, 3.8) is 0 Å². The molecule has 102 valence electrons. The number of nitrogens with zero attached hydrogens (tertiary/aromatic N) is 1. The molecule has 0 N–H and O–H groups in total. The van der Waals surface area contributed by atoms with E-state index in [-0.39, 0.29) is 11.7 Å². The van der Waals surface area contributed by atoms with Gasteiger partial charge in [0.05, 0.1) is 6.42 Å². The van der Waals surface area contributed by atoms with Crippen LogP contribution in [0.5, 0.6) is 0 Å². The lowest BCUT2D eigenvalue weighted by Gasteiger charge is -2.29. The molecule has 0 radical (unpaired) electrons. The van der Waals surface area contributed by atoms with Crippen molar-refractivity contribution in [1.29, 1.82) is 0 Å². The van der Waals surface area contributed by atoms with Gasteiger partial charge in [0.1, 0.15) is 5.82 Å². The second-order valence-corrected chi connectivity index (χ2v) is 5.92. The maximum absolute atomic E-state index is 13.2. The third-order valence-corrected chi connectivity index (χ3v) is 4.22. The van der Waals surface area contributed by atoms with Gasteiger partial charge >= 0.3 is 0 Å². The van der Waals surface area contributed by atoms with Crippen molar-refractivity contribution in [2.45, 2.75) is 51.1 Å². The molecule has 3 rings (SSSR count). The fourth-order valence-electron chi connectivity index (χ4n) is 2.83. The molecule has 0 bridgehead atoms. The van der Waals surface area contributed by atoms with Crippen LogP contribution in [0, 0.1) is 11.7 Å². The minimum absolute atomic E-state index is 0.160. The minimum Gasteiger partial charge on any atom is -0.336 e. The number of halogens is 1. The number of carbonyl (C=O) groups is 1. The first-order valence-corrected chi connectivity index (χ1v) is 7.21. The predicted molar refractivity (Wildman–Crippen MR) is 72.2 cm³/mol. The summed E-state index contributed by atoms with van der Waals surface area (Å²) in [5, 5.41) is 0. The molecule has 1 aromatic rings. The highest BCUT2D eigenvalue weighted by Gasteiger charge is 2.41. The summed E-state index contributed by atoms with van der Waals surface area (Å²) in [5.74, 6) is 0.586. The van der Waals surface area contributed by atoms with Gasteiger partial charge in [-0.15, -0.1) is 0 Å². The third kappa shape index (κ3) is 2.96. The number of rotatable bonds is 5. The van der Waals surface area contributed by atoms with Gasteiger partial charge in [-0.25, -0.2) is 4.39 Å². The molecular formula is C16H20FNO. The number of hydrogen-bond donors (Lipinski definition) is 0. The van der Waals surface area contributed by atoms with Crippen LogP contribution in [0.4, 0.5) is 4.39 Å². The van der Waals surface area contributed by atoms with Gasteiger partial charge in [-0.1, -0.05) is 12.1 Å². The molecule has 3 heteroatoms. The molecule has 2 saturated carbocycles. The fraction of sp³-hybridized carbons (Fsp3) is 0.562. The zero-order valence-corrected chi connectivity index (χ0v) is 11.3. The lowest BCUT2D eigenvalue weighted by Crippen LogP contribution is -2.42. The summed E-state index contributed by atoms with van der Waals surface area (Å²) in [6, 6.07) is 7.17. The topological polar surface area (TPSA) is 20.3 Å². The Morgan fingerprint density at radius 1 is 1.37 bits per heavy atom. The standard InChI is InChI=1S/C16H20FNO/c1-11(13-5-6-13)18(15-7-8-15)16(19)10-12-3-2-4-14(17)9-12/h2-4,9,11,13,15H,5-8,10H2,1H3. The molecule has 2 aliphatic carbocycles. The van der Waals surface area contributed by atoms with E-state index in [0.717, 1.165) is 18.4 Å². The lowest BCUT2D eigenvalue weighted by molar-refractivity contribution is -0.133. The van der Waals surface area contributed by atoms with Gasteiger partial charge in [-0.2, -0.15) is 0 Å². The van der Waals surface area contributed by atoms with Crippen LogP contribution >= 0.6 is 0 Å². The molecule has 0 aliphatic heterocycles. The van der Waals surface area contributed by atoms with Crippen molar-refractivity contribution < 1.29 is 9.18 Å². The fourth-order valence-corrected chi connectivity index (χ4v) is 2.83. The Hall–Kier alpha value is -1.38. The minimum atomic E-state index is -0.265. The van der Waals surface area contributed by atoms with E-state index in [9.17, 15) is 9.18 Å². The number of amides is 1. The first-order valence-electron chi connectivity index (χ1n) is 7.21. The molecule has 1 amide bonds. The smallest absolute Gasteiger partial charge is 0.227 e. The van der Waals surface area contributed by atoms with Crippen LogP contribution in [0.25, 0.3) is 0 Å².